The van der Waals surface area contributed by atoms with Crippen LogP contribution in [-0.2, 0) is 0 Å². The topological polar surface area (TPSA) is 36.9 Å². The number of benzene rings is 2. The molecule has 28 heavy (non-hydrogen) atoms. The summed E-state index contributed by atoms with van der Waals surface area (Å²) in [6.45, 7) is 4.90. The van der Waals surface area contributed by atoms with Gasteiger partial charge in [0.1, 0.15) is 11.9 Å². The Balaban J connectivity index is 0.00000225. The number of ether oxygens (including phenoxy) is 1. The molecule has 2 aromatic carbocycles. The lowest BCUT2D eigenvalue weighted by Gasteiger charge is -2.34. The van der Waals surface area contributed by atoms with Crippen LogP contribution in [0, 0.1) is 0 Å². The number of guanidine groups is 1. The van der Waals surface area contributed by atoms with Crippen LogP contribution in [0.4, 0.5) is 0 Å². The van der Waals surface area contributed by atoms with Crippen LogP contribution in [0.3, 0.4) is 0 Å². The van der Waals surface area contributed by atoms with Gasteiger partial charge in [0.15, 0.2) is 5.96 Å². The average molecular weight is 491 g/mol. The van der Waals surface area contributed by atoms with Gasteiger partial charge in [0.25, 0.3) is 0 Å². The summed E-state index contributed by atoms with van der Waals surface area (Å²) in [5, 5.41) is 3.71. The summed E-state index contributed by atoms with van der Waals surface area (Å²) in [4.78, 5) is 7.15. The van der Waals surface area contributed by atoms with Gasteiger partial charge in [-0.05, 0) is 31.0 Å². The molecular formula is C23H30IN3O. The summed E-state index contributed by atoms with van der Waals surface area (Å²) in [5.41, 5.74) is 1.43. The Bertz CT molecular complexity index is 745. The average Bonchev–Trinajstić information content (AvgIpc) is 3.49. The summed E-state index contributed by atoms with van der Waals surface area (Å²) in [6.07, 6.45) is 3.56. The highest BCUT2D eigenvalue weighted by molar-refractivity contribution is 14.0. The van der Waals surface area contributed by atoms with Gasteiger partial charge in [-0.3, -0.25) is 4.99 Å². The van der Waals surface area contributed by atoms with Crippen molar-refractivity contribution in [1.29, 1.82) is 0 Å². The number of para-hydroxylation sites is 1. The summed E-state index contributed by atoms with van der Waals surface area (Å²) in [7, 11) is 0. The largest absolute Gasteiger partial charge is 0.490 e. The van der Waals surface area contributed by atoms with Gasteiger partial charge in [-0.2, -0.15) is 0 Å². The Labute approximate surface area is 185 Å². The van der Waals surface area contributed by atoms with Crippen LogP contribution < -0.4 is 10.1 Å². The second kappa shape index (κ2) is 10.1. The van der Waals surface area contributed by atoms with E-state index >= 15 is 0 Å². The normalized spacial score (nSPS) is 22.3. The lowest BCUT2D eigenvalue weighted by molar-refractivity contribution is 0.129. The Kier molecular flexibility index (Phi) is 7.59. The maximum Gasteiger partial charge on any atom is 0.194 e. The lowest BCUT2D eigenvalue weighted by Crippen LogP contribution is -2.48. The van der Waals surface area contributed by atoms with Crippen molar-refractivity contribution in [3.05, 3.63) is 66.2 Å². The van der Waals surface area contributed by atoms with E-state index in [1.807, 2.05) is 30.3 Å². The van der Waals surface area contributed by atoms with E-state index in [9.17, 15) is 0 Å². The van der Waals surface area contributed by atoms with Gasteiger partial charge in [0.2, 0.25) is 0 Å². The van der Waals surface area contributed by atoms with Gasteiger partial charge in [-0.15, -0.1) is 24.0 Å². The van der Waals surface area contributed by atoms with Gasteiger partial charge < -0.3 is 15.0 Å². The molecule has 0 amide bonds. The molecule has 1 N–H and O–H groups in total. The molecule has 0 spiro atoms. The fourth-order valence-corrected chi connectivity index (χ4v) is 3.85. The molecule has 1 saturated heterocycles. The summed E-state index contributed by atoms with van der Waals surface area (Å²) < 4.78 is 6.12. The molecule has 0 bridgehead atoms. The van der Waals surface area contributed by atoms with Crippen LogP contribution in [0.5, 0.6) is 5.75 Å². The minimum Gasteiger partial charge on any atom is -0.490 e. The molecule has 4 nitrogen and oxygen atoms in total. The Morgan fingerprint density at radius 2 is 1.68 bits per heavy atom. The van der Waals surface area contributed by atoms with Crippen LogP contribution in [0.15, 0.2) is 65.7 Å². The summed E-state index contributed by atoms with van der Waals surface area (Å²) in [6, 6.07) is 21.5. The van der Waals surface area contributed by atoms with E-state index < -0.39 is 0 Å². The third kappa shape index (κ3) is 5.40. The van der Waals surface area contributed by atoms with Crippen molar-refractivity contribution in [1.82, 2.24) is 10.2 Å². The number of rotatable bonds is 5. The minimum absolute atomic E-state index is 0. The van der Waals surface area contributed by atoms with Crippen molar-refractivity contribution in [2.45, 2.75) is 44.2 Å². The van der Waals surface area contributed by atoms with Crippen molar-refractivity contribution < 1.29 is 4.74 Å². The fraction of sp³-hybridized carbons (Fsp3) is 0.435. The van der Waals surface area contributed by atoms with Gasteiger partial charge in [0.05, 0.1) is 0 Å². The van der Waals surface area contributed by atoms with Crippen LogP contribution in [-0.4, -0.2) is 42.6 Å². The molecule has 0 aromatic heterocycles. The van der Waals surface area contributed by atoms with Crippen molar-refractivity contribution in [2.75, 3.05) is 19.6 Å². The molecule has 2 unspecified atom stereocenters. The third-order valence-corrected chi connectivity index (χ3v) is 5.43. The molecule has 0 radical (unpaired) electrons. The van der Waals surface area contributed by atoms with Gasteiger partial charge in [-0.25, -0.2) is 0 Å². The predicted molar refractivity (Wildman–Crippen MR) is 126 cm³/mol. The number of hydrogen-bond donors (Lipinski definition) is 1. The highest BCUT2D eigenvalue weighted by Gasteiger charge is 2.39. The van der Waals surface area contributed by atoms with E-state index in [0.29, 0.717) is 18.1 Å². The highest BCUT2D eigenvalue weighted by atomic mass is 127. The number of hydrogen-bond acceptors (Lipinski definition) is 2. The van der Waals surface area contributed by atoms with Crippen LogP contribution >= 0.6 is 24.0 Å². The van der Waals surface area contributed by atoms with Crippen molar-refractivity contribution in [3.8, 4) is 5.75 Å². The lowest BCUT2D eigenvalue weighted by atomic mass is 10.1. The number of halogens is 1. The highest BCUT2D eigenvalue weighted by Crippen LogP contribution is 2.40. The zero-order valence-electron chi connectivity index (χ0n) is 16.5. The maximum absolute atomic E-state index is 6.12. The van der Waals surface area contributed by atoms with E-state index in [-0.39, 0.29) is 24.0 Å². The third-order valence-electron chi connectivity index (χ3n) is 5.43. The molecule has 2 aliphatic rings. The standard InChI is InChI=1S/C23H29N3O.HI/c1-2-24-23(25-22-17-21(22)18-9-5-3-6-10-18)26-15-13-20(14-16-26)27-19-11-7-4-8-12-19;/h3-12,20-22H,2,13-17H2,1H3,(H,24,25);1H. The number of aliphatic imine (C=N–C) groups is 1. The zero-order chi connectivity index (χ0) is 18.5. The molecular weight excluding hydrogens is 461 g/mol. The second-order valence-corrected chi connectivity index (χ2v) is 7.42. The number of piperidine rings is 1. The second-order valence-electron chi connectivity index (χ2n) is 7.42. The van der Waals surface area contributed by atoms with E-state index in [1.54, 1.807) is 0 Å². The fourth-order valence-electron chi connectivity index (χ4n) is 3.85. The summed E-state index contributed by atoms with van der Waals surface area (Å²) in [5.74, 6) is 2.66. The van der Waals surface area contributed by atoms with Crippen molar-refractivity contribution in [2.24, 2.45) is 4.99 Å². The molecule has 5 heteroatoms. The van der Waals surface area contributed by atoms with Gasteiger partial charge in [0, 0.05) is 44.4 Å². The molecule has 1 aliphatic carbocycles. The number of likely N-dealkylation sites (tertiary alicyclic amines) is 1. The van der Waals surface area contributed by atoms with Gasteiger partial charge in [-0.1, -0.05) is 48.5 Å². The SMILES string of the molecule is CCN=C(NC1CC1c1ccccc1)N1CCC(Oc2ccccc2)CC1.I. The molecule has 1 saturated carbocycles. The quantitative estimate of drug-likeness (QED) is 0.375. The molecule has 4 rings (SSSR count). The summed E-state index contributed by atoms with van der Waals surface area (Å²) >= 11 is 0. The molecule has 1 aliphatic heterocycles. The maximum atomic E-state index is 6.12. The van der Waals surface area contributed by atoms with Crippen LogP contribution in [0.1, 0.15) is 37.7 Å². The molecule has 2 atom stereocenters. The monoisotopic (exact) mass is 491 g/mol. The van der Waals surface area contributed by atoms with Crippen molar-refractivity contribution in [3.63, 3.8) is 0 Å². The number of nitrogens with zero attached hydrogens (tertiary/aromatic N) is 2. The minimum atomic E-state index is 0. The van der Waals surface area contributed by atoms with E-state index in [2.05, 4.69) is 47.5 Å². The van der Waals surface area contributed by atoms with Crippen LogP contribution in [0.2, 0.25) is 0 Å². The van der Waals surface area contributed by atoms with Crippen LogP contribution in [0.25, 0.3) is 0 Å². The first-order valence-electron chi connectivity index (χ1n) is 10.2. The molecule has 2 aromatic rings. The predicted octanol–water partition coefficient (Wildman–Crippen LogP) is 4.67. The first-order chi connectivity index (χ1) is 13.3. The van der Waals surface area contributed by atoms with Gasteiger partial charge >= 0.3 is 0 Å². The van der Waals surface area contributed by atoms with E-state index in [1.165, 1.54) is 12.0 Å². The van der Waals surface area contributed by atoms with E-state index in [0.717, 1.165) is 44.2 Å². The Hall–Kier alpha value is -1.76. The Morgan fingerprint density at radius 3 is 2.32 bits per heavy atom. The first-order valence-corrected chi connectivity index (χ1v) is 10.2. The van der Waals surface area contributed by atoms with E-state index in [4.69, 9.17) is 9.73 Å². The molecule has 1 heterocycles. The smallest absolute Gasteiger partial charge is 0.194 e. The first kappa shape index (κ1) is 21.0. The zero-order valence-corrected chi connectivity index (χ0v) is 18.8. The Morgan fingerprint density at radius 1 is 1.04 bits per heavy atom. The number of nitrogens with one attached hydrogen (secondary N) is 1. The van der Waals surface area contributed by atoms with Crippen molar-refractivity contribution >= 4 is 29.9 Å². The molecule has 2 fully saturated rings. The molecule has 150 valence electrons.